The molecular weight excluding hydrogens is 672 g/mol. The van der Waals surface area contributed by atoms with E-state index in [1.54, 1.807) is 34.6 Å². The van der Waals surface area contributed by atoms with Gasteiger partial charge in [0.05, 0.1) is 35.1 Å². The molecule has 9 fully saturated rings. The Labute approximate surface area is 323 Å². The van der Waals surface area contributed by atoms with E-state index in [4.69, 9.17) is 18.9 Å². The van der Waals surface area contributed by atoms with E-state index in [1.807, 2.05) is 0 Å². The summed E-state index contributed by atoms with van der Waals surface area (Å²) in [5.74, 6) is 1.13. The van der Waals surface area contributed by atoms with Crippen molar-refractivity contribution in [1.82, 2.24) is 0 Å². The third-order valence-corrected chi connectivity index (χ3v) is 15.4. The fourth-order valence-electron chi connectivity index (χ4n) is 12.0. The number of cyclic esters (lactones) is 1. The number of hydrogen-bond donors (Lipinski definition) is 1. The van der Waals surface area contributed by atoms with Crippen molar-refractivity contribution < 1.29 is 43.2 Å². The number of aliphatic hydroxyl groups is 1. The van der Waals surface area contributed by atoms with Gasteiger partial charge in [-0.3, -0.25) is 14.4 Å². The first-order valence-electron chi connectivity index (χ1n) is 18.5. The van der Waals surface area contributed by atoms with Crippen LogP contribution in [0.25, 0.3) is 0 Å². The van der Waals surface area contributed by atoms with E-state index in [2.05, 4.69) is 6.92 Å². The molecule has 1 N–H and O–H groups in total. The Hall–Kier alpha value is -2.16. The first kappa shape index (κ1) is 48.9. The molecule has 2 atom stereocenters. The quantitative estimate of drug-likeness (QED) is 0.172. The van der Waals surface area contributed by atoms with Crippen LogP contribution in [0.3, 0.4) is 0 Å². The zero-order valence-corrected chi connectivity index (χ0v) is 29.3. The second-order valence-electron chi connectivity index (χ2n) is 18.3. The molecule has 1 saturated heterocycles. The molecule has 9 aliphatic rings. The van der Waals surface area contributed by atoms with Crippen molar-refractivity contribution >= 4 is 23.9 Å². The molecule has 9 heteroatoms. The van der Waals surface area contributed by atoms with Crippen molar-refractivity contribution in [1.29, 1.82) is 0 Å². The van der Waals surface area contributed by atoms with Crippen LogP contribution in [0, 0.1) is 63.6 Å². The van der Waals surface area contributed by atoms with Crippen LogP contribution in [-0.4, -0.2) is 59.5 Å². The Bertz CT molecular complexity index is 1260. The van der Waals surface area contributed by atoms with Crippen LogP contribution in [0.15, 0.2) is 0 Å². The zero-order chi connectivity index (χ0) is 33.7. The lowest BCUT2D eigenvalue weighted by Crippen LogP contribution is -2.63. The van der Waals surface area contributed by atoms with Crippen LogP contribution >= 0.6 is 0 Å². The minimum absolute atomic E-state index is 0. The van der Waals surface area contributed by atoms with E-state index >= 15 is 0 Å². The van der Waals surface area contributed by atoms with Gasteiger partial charge in [0.1, 0.15) is 5.60 Å². The number of rotatable bonds is 10. The minimum Gasteiger partial charge on any atom is -0.465 e. The third kappa shape index (κ3) is 7.44. The van der Waals surface area contributed by atoms with Gasteiger partial charge in [-0.05, 0) is 153 Å². The van der Waals surface area contributed by atoms with Crippen LogP contribution in [0.5, 0.6) is 0 Å². The highest BCUT2D eigenvalue weighted by Crippen LogP contribution is 2.62. The molecule has 0 aromatic rings. The van der Waals surface area contributed by atoms with E-state index in [9.17, 15) is 24.3 Å². The average molecular weight is 753 g/mol. The molecule has 8 saturated carbocycles. The second-order valence-corrected chi connectivity index (χ2v) is 18.3. The topological polar surface area (TPSA) is 125 Å². The smallest absolute Gasteiger partial charge is 0.347 e. The van der Waals surface area contributed by atoms with E-state index in [0.717, 1.165) is 51.4 Å². The van der Waals surface area contributed by atoms with Gasteiger partial charge in [0.2, 0.25) is 6.10 Å². The molecule has 0 amide bonds. The fourth-order valence-corrected chi connectivity index (χ4v) is 12.0. The molecule has 310 valence electrons. The Morgan fingerprint density at radius 1 is 0.679 bits per heavy atom. The molecular formula is C44H80O9. The van der Waals surface area contributed by atoms with Gasteiger partial charge in [0.15, 0.2) is 0 Å². The second kappa shape index (κ2) is 16.5. The number of carbonyl (C=O) groups is 4. The van der Waals surface area contributed by atoms with Gasteiger partial charge >= 0.3 is 23.9 Å². The lowest BCUT2D eigenvalue weighted by Gasteiger charge is -2.60. The van der Waals surface area contributed by atoms with Crippen molar-refractivity contribution in [3.8, 4) is 0 Å². The highest BCUT2D eigenvalue weighted by Gasteiger charge is 2.67. The Balaban J connectivity index is 0.00000234. The maximum absolute atomic E-state index is 14.5. The lowest BCUT2D eigenvalue weighted by molar-refractivity contribution is -0.226. The largest absolute Gasteiger partial charge is 0.465 e. The zero-order valence-electron chi connectivity index (χ0n) is 29.3. The molecule has 0 radical (unpaired) electrons. The van der Waals surface area contributed by atoms with Crippen LogP contribution in [-0.2, 0) is 38.1 Å². The summed E-state index contributed by atoms with van der Waals surface area (Å²) in [6.45, 7) is 10.3. The SMILES string of the molecule is C.C.C.C.C.C.CC1(OC(=O)C(C)(C)C(C)(C(=O)OC2CCOC2=O)C(C)(C)C(=O)OCCC2(O)C3CC4CC(C3)CC2C4)C2CC3CC(C2)CC1C3. The Morgan fingerprint density at radius 3 is 1.51 bits per heavy atom. The molecule has 0 aromatic heterocycles. The van der Waals surface area contributed by atoms with Gasteiger partial charge in [-0.15, -0.1) is 0 Å². The molecule has 53 heavy (non-hydrogen) atoms. The summed E-state index contributed by atoms with van der Waals surface area (Å²) in [7, 11) is 0. The number of carbonyl (C=O) groups excluding carboxylic acids is 4. The highest BCUT2D eigenvalue weighted by atomic mass is 16.6. The maximum Gasteiger partial charge on any atom is 0.347 e. The average Bonchev–Trinajstić information content (AvgIpc) is 3.41. The summed E-state index contributed by atoms with van der Waals surface area (Å²) in [5.41, 5.74) is -6.36. The third-order valence-electron chi connectivity index (χ3n) is 15.4. The standard InChI is InChI=1S/C38H56O9.6CH4/c1-34(2,31(40)45-10-8-38(43)27-17-23-12-24(19-27)20-28(38)18-23)37(6,33(42)46-29-7-9-44-30(29)39)35(3,4)32(41)47-36(5)25-13-21-11-22(15-25)16-26(36)14-21;;;;;;/h21-29,43H,7-20H2,1-6H3;6*1H4. The number of esters is 4. The van der Waals surface area contributed by atoms with Crippen LogP contribution in [0.4, 0.5) is 0 Å². The fraction of sp³-hybridized carbons (Fsp3) is 0.909. The van der Waals surface area contributed by atoms with Crippen molar-refractivity contribution in [3.05, 3.63) is 0 Å². The monoisotopic (exact) mass is 753 g/mol. The minimum atomic E-state index is -1.78. The van der Waals surface area contributed by atoms with Crippen LogP contribution < -0.4 is 0 Å². The van der Waals surface area contributed by atoms with E-state index in [-0.39, 0.29) is 87.9 Å². The molecule has 1 aliphatic heterocycles. The summed E-state index contributed by atoms with van der Waals surface area (Å²) in [4.78, 5) is 55.3. The Kier molecular flexibility index (Phi) is 15.2. The van der Waals surface area contributed by atoms with Crippen LogP contribution in [0.1, 0.15) is 163 Å². The highest BCUT2D eigenvalue weighted by molar-refractivity contribution is 5.95. The normalized spacial score (nSPS) is 38.1. The van der Waals surface area contributed by atoms with Crippen molar-refractivity contribution in [2.45, 2.75) is 180 Å². The molecule has 9 nitrogen and oxygen atoms in total. The van der Waals surface area contributed by atoms with Gasteiger partial charge in [-0.1, -0.05) is 44.6 Å². The lowest BCUT2D eigenvalue weighted by atomic mass is 9.49. The first-order valence-corrected chi connectivity index (χ1v) is 18.5. The predicted molar refractivity (Wildman–Crippen MR) is 211 cm³/mol. The summed E-state index contributed by atoms with van der Waals surface area (Å²) in [6, 6.07) is 0. The molecule has 8 bridgehead atoms. The predicted octanol–water partition coefficient (Wildman–Crippen LogP) is 9.60. The van der Waals surface area contributed by atoms with Gasteiger partial charge in [0.25, 0.3) is 0 Å². The van der Waals surface area contributed by atoms with Crippen molar-refractivity contribution in [2.75, 3.05) is 13.2 Å². The van der Waals surface area contributed by atoms with Crippen LogP contribution in [0.2, 0.25) is 0 Å². The van der Waals surface area contributed by atoms with E-state index in [0.29, 0.717) is 30.1 Å². The molecule has 1 heterocycles. The van der Waals surface area contributed by atoms with Gasteiger partial charge in [0, 0.05) is 12.8 Å². The van der Waals surface area contributed by atoms with Crippen molar-refractivity contribution in [2.24, 2.45) is 63.6 Å². The van der Waals surface area contributed by atoms with Crippen molar-refractivity contribution in [3.63, 3.8) is 0 Å². The van der Waals surface area contributed by atoms with E-state index < -0.39 is 57.4 Å². The first-order chi connectivity index (χ1) is 22.0. The summed E-state index contributed by atoms with van der Waals surface area (Å²) in [5, 5.41) is 11.8. The summed E-state index contributed by atoms with van der Waals surface area (Å²) >= 11 is 0. The van der Waals surface area contributed by atoms with Gasteiger partial charge in [-0.25, -0.2) is 4.79 Å². The molecule has 2 unspecified atom stereocenters. The van der Waals surface area contributed by atoms with Gasteiger partial charge in [-0.2, -0.15) is 0 Å². The molecule has 8 aliphatic carbocycles. The number of ether oxygens (including phenoxy) is 4. The number of hydrogen-bond acceptors (Lipinski definition) is 9. The Morgan fingerprint density at radius 2 is 1.09 bits per heavy atom. The summed E-state index contributed by atoms with van der Waals surface area (Å²) < 4.78 is 23.3. The molecule has 0 aromatic carbocycles. The molecule has 9 rings (SSSR count). The van der Waals surface area contributed by atoms with E-state index in [1.165, 1.54) is 12.8 Å². The molecule has 0 spiro atoms. The van der Waals surface area contributed by atoms with Gasteiger partial charge < -0.3 is 24.1 Å². The maximum atomic E-state index is 14.5. The summed E-state index contributed by atoms with van der Waals surface area (Å²) in [6.07, 6.45) is 10.4.